The van der Waals surface area contributed by atoms with Gasteiger partial charge in [0.1, 0.15) is 11.3 Å². The minimum Gasteiger partial charge on any atom is -0.345 e. The first kappa shape index (κ1) is 20.5. The van der Waals surface area contributed by atoms with Crippen LogP contribution in [0.15, 0.2) is 53.3 Å². The van der Waals surface area contributed by atoms with E-state index < -0.39 is 0 Å². The van der Waals surface area contributed by atoms with Gasteiger partial charge >= 0.3 is 0 Å². The minimum absolute atomic E-state index is 0.296. The molecule has 158 valence electrons. The maximum Gasteiger partial charge on any atom is 0.275 e. The second-order valence-electron chi connectivity index (χ2n) is 7.79. The molecule has 4 rings (SSSR count). The van der Waals surface area contributed by atoms with Crippen LogP contribution in [0.25, 0.3) is 16.9 Å². The van der Waals surface area contributed by atoms with E-state index in [9.17, 15) is 14.0 Å². The number of amides is 1. The first-order valence-electron chi connectivity index (χ1n) is 10.0. The van der Waals surface area contributed by atoms with E-state index in [0.29, 0.717) is 22.6 Å². The van der Waals surface area contributed by atoms with E-state index >= 15 is 0 Å². The second kappa shape index (κ2) is 7.83. The highest BCUT2D eigenvalue weighted by Crippen LogP contribution is 2.20. The Hall–Kier alpha value is -3.74. The third-order valence-corrected chi connectivity index (χ3v) is 5.62. The quantitative estimate of drug-likeness (QED) is 0.520. The molecule has 0 saturated heterocycles. The fourth-order valence-corrected chi connectivity index (χ4v) is 3.54. The van der Waals surface area contributed by atoms with Crippen LogP contribution in [0.5, 0.6) is 0 Å². The highest BCUT2D eigenvalue weighted by Gasteiger charge is 2.19. The van der Waals surface area contributed by atoms with Crippen molar-refractivity contribution in [2.24, 2.45) is 0 Å². The number of rotatable bonds is 4. The fraction of sp³-hybridized carbons (Fsp3) is 0.208. The molecule has 2 aromatic heterocycles. The van der Waals surface area contributed by atoms with Crippen molar-refractivity contribution in [1.29, 1.82) is 0 Å². The first-order chi connectivity index (χ1) is 14.7. The number of hydrogen-bond acceptors (Lipinski definition) is 3. The van der Waals surface area contributed by atoms with E-state index in [-0.39, 0.29) is 23.3 Å². The molecule has 2 heterocycles. The molecule has 1 amide bonds. The van der Waals surface area contributed by atoms with Gasteiger partial charge in [0, 0.05) is 5.56 Å². The number of fused-ring (bicyclic) bond motifs is 1. The summed E-state index contributed by atoms with van der Waals surface area (Å²) < 4.78 is 14.7. The molecular weight excluding hydrogens is 395 g/mol. The van der Waals surface area contributed by atoms with Gasteiger partial charge in [-0.05, 0) is 68.7 Å². The normalized spacial score (nSPS) is 12.2. The van der Waals surface area contributed by atoms with Crippen molar-refractivity contribution in [3.8, 4) is 11.4 Å². The van der Waals surface area contributed by atoms with Crippen LogP contribution in [0.2, 0.25) is 0 Å². The lowest BCUT2D eigenvalue weighted by atomic mass is 10.1. The predicted molar refractivity (Wildman–Crippen MR) is 118 cm³/mol. The van der Waals surface area contributed by atoms with E-state index in [0.717, 1.165) is 22.3 Å². The van der Waals surface area contributed by atoms with Crippen molar-refractivity contribution in [2.75, 3.05) is 0 Å². The van der Waals surface area contributed by atoms with Crippen LogP contribution >= 0.6 is 0 Å². The summed E-state index contributed by atoms with van der Waals surface area (Å²) in [4.78, 5) is 28.4. The smallest absolute Gasteiger partial charge is 0.275 e. The Morgan fingerprint density at radius 3 is 2.45 bits per heavy atom. The van der Waals surface area contributed by atoms with Crippen molar-refractivity contribution < 1.29 is 9.18 Å². The molecule has 0 saturated carbocycles. The van der Waals surface area contributed by atoms with Crippen LogP contribution in [0.3, 0.4) is 0 Å². The maximum absolute atomic E-state index is 13.2. The highest BCUT2D eigenvalue weighted by atomic mass is 19.1. The van der Waals surface area contributed by atoms with E-state index in [1.54, 1.807) is 19.1 Å². The number of halogens is 1. The molecule has 0 aliphatic rings. The lowest BCUT2D eigenvalue weighted by Gasteiger charge is -2.14. The molecule has 0 fully saturated rings. The standard InChI is InChI=1S/C24H23FN4O2/c1-13-5-6-18(11-14(13)2)22-27-24(31)21-12-20(16(4)29(21)28-22)23(30)26-15(3)17-7-9-19(25)10-8-17/h5-12,15H,1-4H3,(H,26,30)(H,27,28,31)/t15-/m1/s1. The monoisotopic (exact) mass is 418 g/mol. The molecule has 2 aromatic carbocycles. The Labute approximate surface area is 178 Å². The molecule has 2 N–H and O–H groups in total. The molecule has 0 spiro atoms. The SMILES string of the molecule is Cc1ccc(-c2nn3c(C)c(C(=O)N[C@H](C)c4ccc(F)cc4)cc3c(=O)[nH]2)cc1C. The van der Waals surface area contributed by atoms with E-state index in [1.807, 2.05) is 39.0 Å². The molecule has 0 unspecified atom stereocenters. The van der Waals surface area contributed by atoms with Crippen LogP contribution in [-0.4, -0.2) is 20.5 Å². The number of aryl methyl sites for hydroxylation is 3. The number of carbonyl (C=O) groups is 1. The van der Waals surface area contributed by atoms with Gasteiger partial charge in [-0.15, -0.1) is 5.10 Å². The lowest BCUT2D eigenvalue weighted by Crippen LogP contribution is -2.27. The van der Waals surface area contributed by atoms with Crippen molar-refractivity contribution >= 4 is 11.4 Å². The molecule has 4 aromatic rings. The molecule has 0 radical (unpaired) electrons. The van der Waals surface area contributed by atoms with Crippen LogP contribution < -0.4 is 10.9 Å². The summed E-state index contributed by atoms with van der Waals surface area (Å²) in [5.74, 6) is -0.223. The number of aromatic amines is 1. The summed E-state index contributed by atoms with van der Waals surface area (Å²) in [5, 5.41) is 7.46. The zero-order valence-electron chi connectivity index (χ0n) is 17.8. The summed E-state index contributed by atoms with van der Waals surface area (Å²) in [6.45, 7) is 7.59. The minimum atomic E-state index is -0.332. The molecular formula is C24H23FN4O2. The maximum atomic E-state index is 13.2. The number of benzene rings is 2. The van der Waals surface area contributed by atoms with Gasteiger partial charge in [0.15, 0.2) is 5.82 Å². The molecule has 6 nitrogen and oxygen atoms in total. The topological polar surface area (TPSA) is 79.3 Å². The van der Waals surface area contributed by atoms with Crippen molar-refractivity contribution in [2.45, 2.75) is 33.7 Å². The van der Waals surface area contributed by atoms with Crippen molar-refractivity contribution in [1.82, 2.24) is 19.9 Å². The number of aromatic nitrogens is 3. The van der Waals surface area contributed by atoms with Crippen molar-refractivity contribution in [3.05, 3.63) is 92.6 Å². The Bertz CT molecular complexity index is 1350. The Kier molecular flexibility index (Phi) is 5.19. The molecule has 7 heteroatoms. The average molecular weight is 418 g/mol. The number of nitrogens with one attached hydrogen (secondary N) is 2. The molecule has 0 aliphatic carbocycles. The van der Waals surface area contributed by atoms with Gasteiger partial charge < -0.3 is 10.3 Å². The highest BCUT2D eigenvalue weighted by molar-refractivity contribution is 5.97. The zero-order chi connectivity index (χ0) is 22.3. The Morgan fingerprint density at radius 2 is 1.77 bits per heavy atom. The zero-order valence-corrected chi connectivity index (χ0v) is 17.8. The lowest BCUT2D eigenvalue weighted by molar-refractivity contribution is 0.0939. The molecule has 0 bridgehead atoms. The summed E-state index contributed by atoms with van der Waals surface area (Å²) >= 11 is 0. The summed E-state index contributed by atoms with van der Waals surface area (Å²) in [5.41, 5.74) is 4.73. The summed E-state index contributed by atoms with van der Waals surface area (Å²) in [6.07, 6.45) is 0. The van der Waals surface area contributed by atoms with Gasteiger partial charge in [-0.2, -0.15) is 0 Å². The second-order valence-corrected chi connectivity index (χ2v) is 7.79. The van der Waals surface area contributed by atoms with Gasteiger partial charge in [0.05, 0.1) is 17.3 Å². The van der Waals surface area contributed by atoms with E-state index in [4.69, 9.17) is 0 Å². The van der Waals surface area contributed by atoms with E-state index in [2.05, 4.69) is 15.4 Å². The Morgan fingerprint density at radius 1 is 1.06 bits per heavy atom. The third-order valence-electron chi connectivity index (χ3n) is 5.62. The summed E-state index contributed by atoms with van der Waals surface area (Å²) in [7, 11) is 0. The molecule has 0 aliphatic heterocycles. The number of nitrogens with zero attached hydrogens (tertiary/aromatic N) is 2. The van der Waals surface area contributed by atoms with Crippen molar-refractivity contribution in [3.63, 3.8) is 0 Å². The summed E-state index contributed by atoms with van der Waals surface area (Å²) in [6, 6.07) is 13.0. The van der Waals surface area contributed by atoms with E-state index in [1.165, 1.54) is 22.7 Å². The van der Waals surface area contributed by atoms with Gasteiger partial charge in [-0.25, -0.2) is 8.91 Å². The largest absolute Gasteiger partial charge is 0.345 e. The van der Waals surface area contributed by atoms with Crippen LogP contribution in [0, 0.1) is 26.6 Å². The van der Waals surface area contributed by atoms with Crippen LogP contribution in [0.1, 0.15) is 45.7 Å². The predicted octanol–water partition coefficient (Wildman–Crippen LogP) is 4.24. The third kappa shape index (κ3) is 3.86. The number of carbonyl (C=O) groups excluding carboxylic acids is 1. The van der Waals surface area contributed by atoms with Crippen LogP contribution in [0.4, 0.5) is 4.39 Å². The molecule has 1 atom stereocenters. The van der Waals surface area contributed by atoms with Gasteiger partial charge in [-0.3, -0.25) is 9.59 Å². The Balaban J connectivity index is 1.69. The van der Waals surface area contributed by atoms with Gasteiger partial charge in [-0.1, -0.05) is 24.3 Å². The van der Waals surface area contributed by atoms with Gasteiger partial charge in [0.25, 0.3) is 11.5 Å². The number of hydrogen-bond donors (Lipinski definition) is 2. The van der Waals surface area contributed by atoms with Gasteiger partial charge in [0.2, 0.25) is 0 Å². The number of H-pyrrole nitrogens is 1. The first-order valence-corrected chi connectivity index (χ1v) is 10.0. The average Bonchev–Trinajstić information content (AvgIpc) is 3.08. The molecule has 31 heavy (non-hydrogen) atoms. The fourth-order valence-electron chi connectivity index (χ4n) is 3.54. The van der Waals surface area contributed by atoms with Crippen LogP contribution in [-0.2, 0) is 0 Å².